The summed E-state index contributed by atoms with van der Waals surface area (Å²) in [5.74, 6) is 0.314. The summed E-state index contributed by atoms with van der Waals surface area (Å²) < 4.78 is 5.22. The topological polar surface area (TPSA) is 97.1 Å². The zero-order valence-corrected chi connectivity index (χ0v) is 16.8. The van der Waals surface area contributed by atoms with Crippen molar-refractivity contribution < 1.29 is 14.0 Å². The summed E-state index contributed by atoms with van der Waals surface area (Å²) in [5, 5.41) is 9.24. The number of anilines is 1. The number of carbonyl (C=O) groups is 2. The Morgan fingerprint density at radius 1 is 1.10 bits per heavy atom. The van der Waals surface area contributed by atoms with Crippen LogP contribution in [0.2, 0.25) is 0 Å². The van der Waals surface area contributed by atoms with Gasteiger partial charge in [-0.3, -0.25) is 9.59 Å². The number of benzene rings is 1. The maximum atomic E-state index is 12.5. The number of nitrogens with one attached hydrogen (secondary N) is 2. The Hall–Kier alpha value is -3.17. The van der Waals surface area contributed by atoms with Gasteiger partial charge in [0.1, 0.15) is 21.9 Å². The highest BCUT2D eigenvalue weighted by molar-refractivity contribution is 8.00. The van der Waals surface area contributed by atoms with E-state index in [0.717, 1.165) is 15.2 Å². The van der Waals surface area contributed by atoms with Gasteiger partial charge in [-0.2, -0.15) is 0 Å². The van der Waals surface area contributed by atoms with Gasteiger partial charge < -0.3 is 15.1 Å². The van der Waals surface area contributed by atoms with Crippen molar-refractivity contribution in [2.45, 2.75) is 11.6 Å². The minimum atomic E-state index is -0.291. The van der Waals surface area contributed by atoms with Gasteiger partial charge in [-0.15, -0.1) is 11.3 Å². The summed E-state index contributed by atoms with van der Waals surface area (Å²) in [6.07, 6.45) is 3.05. The SMILES string of the molecule is O=C(CSc1ncnc2sccc12)Nc1ccccc1C(=O)NCc1ccco1. The molecule has 0 aliphatic carbocycles. The van der Waals surface area contributed by atoms with Gasteiger partial charge in [0.25, 0.3) is 5.91 Å². The first kappa shape index (κ1) is 19.2. The van der Waals surface area contributed by atoms with Gasteiger partial charge in [0, 0.05) is 5.39 Å². The molecule has 4 rings (SSSR count). The van der Waals surface area contributed by atoms with Gasteiger partial charge in [0.2, 0.25) is 5.91 Å². The van der Waals surface area contributed by atoms with Crippen LogP contribution in [0.25, 0.3) is 10.2 Å². The van der Waals surface area contributed by atoms with Crippen LogP contribution in [0.15, 0.2) is 69.9 Å². The molecule has 7 nitrogen and oxygen atoms in total. The Morgan fingerprint density at radius 2 is 2.00 bits per heavy atom. The molecule has 9 heteroatoms. The third kappa shape index (κ3) is 4.64. The summed E-state index contributed by atoms with van der Waals surface area (Å²) >= 11 is 2.87. The third-order valence-electron chi connectivity index (χ3n) is 4.01. The third-order valence-corrected chi connectivity index (χ3v) is 5.84. The van der Waals surface area contributed by atoms with E-state index in [1.165, 1.54) is 29.4 Å². The fraction of sp³-hybridized carbons (Fsp3) is 0.100. The van der Waals surface area contributed by atoms with Crippen LogP contribution in [-0.4, -0.2) is 27.5 Å². The quantitative estimate of drug-likeness (QED) is 0.344. The van der Waals surface area contributed by atoms with Crippen molar-refractivity contribution >= 4 is 50.8 Å². The zero-order valence-electron chi connectivity index (χ0n) is 15.1. The molecule has 3 aromatic heterocycles. The lowest BCUT2D eigenvalue weighted by atomic mass is 10.1. The Balaban J connectivity index is 1.39. The fourth-order valence-corrected chi connectivity index (χ4v) is 4.25. The molecule has 1 aromatic carbocycles. The second kappa shape index (κ2) is 8.89. The highest BCUT2D eigenvalue weighted by Crippen LogP contribution is 2.27. The minimum absolute atomic E-state index is 0.171. The molecule has 4 aromatic rings. The van der Waals surface area contributed by atoms with Crippen LogP contribution >= 0.6 is 23.1 Å². The maximum Gasteiger partial charge on any atom is 0.253 e. The van der Waals surface area contributed by atoms with Crippen LogP contribution in [0.3, 0.4) is 0 Å². The normalized spacial score (nSPS) is 10.8. The predicted molar refractivity (Wildman–Crippen MR) is 113 cm³/mol. The van der Waals surface area contributed by atoms with Gasteiger partial charge in [-0.1, -0.05) is 23.9 Å². The number of hydrogen-bond donors (Lipinski definition) is 2. The van der Waals surface area contributed by atoms with Gasteiger partial charge in [-0.25, -0.2) is 9.97 Å². The molecule has 0 aliphatic rings. The van der Waals surface area contributed by atoms with E-state index < -0.39 is 0 Å². The maximum absolute atomic E-state index is 12.5. The van der Waals surface area contributed by atoms with E-state index in [9.17, 15) is 9.59 Å². The molecule has 0 aliphatic heterocycles. The highest BCUT2D eigenvalue weighted by atomic mass is 32.2. The molecule has 0 spiro atoms. The van der Waals surface area contributed by atoms with Gasteiger partial charge in [0.05, 0.1) is 29.8 Å². The number of aromatic nitrogens is 2. The molecule has 0 radical (unpaired) electrons. The Bertz CT molecular complexity index is 1140. The first-order valence-corrected chi connectivity index (χ1v) is 10.6. The number of thioether (sulfide) groups is 1. The van der Waals surface area contributed by atoms with Crippen molar-refractivity contribution in [1.29, 1.82) is 0 Å². The molecule has 0 saturated carbocycles. The Labute approximate surface area is 174 Å². The number of carbonyl (C=O) groups excluding carboxylic acids is 2. The van der Waals surface area contributed by atoms with Crippen LogP contribution in [0.5, 0.6) is 0 Å². The van der Waals surface area contributed by atoms with Crippen molar-refractivity contribution in [3.05, 3.63) is 71.8 Å². The summed E-state index contributed by atoms with van der Waals surface area (Å²) in [5.41, 5.74) is 0.845. The number of rotatable bonds is 7. The number of furan rings is 1. The first-order chi connectivity index (χ1) is 14.2. The van der Waals surface area contributed by atoms with E-state index in [1.54, 1.807) is 42.7 Å². The van der Waals surface area contributed by atoms with Crippen molar-refractivity contribution in [1.82, 2.24) is 15.3 Å². The predicted octanol–water partition coefficient (Wildman–Crippen LogP) is 3.95. The summed E-state index contributed by atoms with van der Waals surface area (Å²) in [6, 6.07) is 12.4. The second-order valence-corrected chi connectivity index (χ2v) is 7.82. The zero-order chi connectivity index (χ0) is 20.1. The molecule has 2 N–H and O–H groups in total. The standard InChI is InChI=1S/C20H16N4O3S2/c25-17(11-29-20-15-7-9-28-19(15)22-12-23-20)24-16-6-2-1-5-14(16)18(26)21-10-13-4-3-8-27-13/h1-9,12H,10-11H2,(H,21,26)(H,24,25). The van der Waals surface area contributed by atoms with Crippen LogP contribution in [0.4, 0.5) is 5.69 Å². The van der Waals surface area contributed by atoms with Gasteiger partial charge >= 0.3 is 0 Å². The molecule has 2 amide bonds. The van der Waals surface area contributed by atoms with Crippen molar-refractivity contribution in [3.63, 3.8) is 0 Å². The molecular formula is C20H16N4O3S2. The molecule has 146 valence electrons. The van der Waals surface area contributed by atoms with E-state index in [-0.39, 0.29) is 24.1 Å². The molecule has 3 heterocycles. The van der Waals surface area contributed by atoms with Crippen LogP contribution in [-0.2, 0) is 11.3 Å². The molecule has 0 saturated heterocycles. The summed E-state index contributed by atoms with van der Waals surface area (Å²) in [6.45, 7) is 0.272. The van der Waals surface area contributed by atoms with Crippen molar-refractivity contribution in [2.24, 2.45) is 0 Å². The number of hydrogen-bond acceptors (Lipinski definition) is 7. The summed E-state index contributed by atoms with van der Waals surface area (Å²) in [7, 11) is 0. The van der Waals surface area contributed by atoms with Crippen molar-refractivity contribution in [2.75, 3.05) is 11.1 Å². The van der Waals surface area contributed by atoms with Crippen LogP contribution in [0.1, 0.15) is 16.1 Å². The molecule has 0 unspecified atom stereocenters. The molecule has 0 fully saturated rings. The lowest BCUT2D eigenvalue weighted by molar-refractivity contribution is -0.113. The fourth-order valence-electron chi connectivity index (χ4n) is 2.67. The van der Waals surface area contributed by atoms with Crippen molar-refractivity contribution in [3.8, 4) is 0 Å². The number of para-hydroxylation sites is 1. The lowest BCUT2D eigenvalue weighted by Gasteiger charge is -2.11. The van der Waals surface area contributed by atoms with Gasteiger partial charge in [-0.05, 0) is 35.7 Å². The smallest absolute Gasteiger partial charge is 0.253 e. The Morgan fingerprint density at radius 3 is 2.86 bits per heavy atom. The molecule has 0 bridgehead atoms. The van der Waals surface area contributed by atoms with Crippen LogP contribution in [0, 0.1) is 0 Å². The average molecular weight is 425 g/mol. The number of thiophene rings is 1. The second-order valence-electron chi connectivity index (χ2n) is 5.96. The number of amides is 2. The average Bonchev–Trinajstić information content (AvgIpc) is 3.42. The Kier molecular flexibility index (Phi) is 5.87. The highest BCUT2D eigenvalue weighted by Gasteiger charge is 2.14. The molecular weight excluding hydrogens is 408 g/mol. The van der Waals surface area contributed by atoms with E-state index >= 15 is 0 Å². The molecule has 29 heavy (non-hydrogen) atoms. The van der Waals surface area contributed by atoms with Gasteiger partial charge in [0.15, 0.2) is 0 Å². The van der Waals surface area contributed by atoms with E-state index in [1.807, 2.05) is 11.4 Å². The summed E-state index contributed by atoms with van der Waals surface area (Å²) in [4.78, 5) is 34.3. The first-order valence-electron chi connectivity index (χ1n) is 8.71. The van der Waals surface area contributed by atoms with Crippen LogP contribution < -0.4 is 10.6 Å². The van der Waals surface area contributed by atoms with E-state index in [4.69, 9.17) is 4.42 Å². The lowest BCUT2D eigenvalue weighted by Crippen LogP contribution is -2.25. The minimum Gasteiger partial charge on any atom is -0.467 e. The number of fused-ring (bicyclic) bond motifs is 1. The molecule has 0 atom stereocenters. The number of nitrogens with zero attached hydrogens (tertiary/aromatic N) is 2. The largest absolute Gasteiger partial charge is 0.467 e. The van der Waals surface area contributed by atoms with E-state index in [2.05, 4.69) is 20.6 Å². The monoisotopic (exact) mass is 424 g/mol. The van der Waals surface area contributed by atoms with E-state index in [0.29, 0.717) is 17.0 Å².